The van der Waals surface area contributed by atoms with E-state index < -0.39 is 0 Å². The molecule has 194 valence electrons. The van der Waals surface area contributed by atoms with Crippen molar-refractivity contribution in [1.29, 1.82) is 0 Å². The first-order valence-electron chi connectivity index (χ1n) is 14.3. The third-order valence-corrected chi connectivity index (χ3v) is 9.25. The highest BCUT2D eigenvalue weighted by atomic mass is 16.3. The molecule has 2 nitrogen and oxygen atoms in total. The average molecular weight is 526 g/mol. The molecular weight excluding hydrogens is 498 g/mol. The van der Waals surface area contributed by atoms with Crippen molar-refractivity contribution in [3.8, 4) is 33.4 Å². The molecule has 6 aromatic carbocycles. The van der Waals surface area contributed by atoms with E-state index in [2.05, 4.69) is 140 Å². The van der Waals surface area contributed by atoms with Crippen LogP contribution in [0.4, 0.5) is 0 Å². The Labute approximate surface area is 237 Å². The van der Waals surface area contributed by atoms with E-state index in [0.29, 0.717) is 0 Å². The summed E-state index contributed by atoms with van der Waals surface area (Å²) in [5.41, 5.74) is 14.1. The Morgan fingerprint density at radius 2 is 1.10 bits per heavy atom. The summed E-state index contributed by atoms with van der Waals surface area (Å²) in [5.74, 6) is 0. The molecule has 0 amide bonds. The van der Waals surface area contributed by atoms with E-state index in [1.54, 1.807) is 0 Å². The molecule has 41 heavy (non-hydrogen) atoms. The topological polar surface area (TPSA) is 28.9 Å². The molecule has 2 heterocycles. The number of nitrogens with one attached hydrogen (secondary N) is 1. The van der Waals surface area contributed by atoms with Crippen molar-refractivity contribution in [3.05, 3.63) is 132 Å². The van der Waals surface area contributed by atoms with E-state index in [1.165, 1.54) is 38.6 Å². The average Bonchev–Trinajstić information content (AvgIpc) is 3.65. The van der Waals surface area contributed by atoms with Gasteiger partial charge in [-0.15, -0.1) is 0 Å². The number of para-hydroxylation sites is 4. The zero-order valence-corrected chi connectivity index (χ0v) is 23.0. The second-order valence-electron chi connectivity index (χ2n) is 11.8. The fourth-order valence-electron chi connectivity index (χ4n) is 7.24. The van der Waals surface area contributed by atoms with E-state index in [9.17, 15) is 0 Å². The Bertz CT molecular complexity index is 2350. The second kappa shape index (κ2) is 7.99. The van der Waals surface area contributed by atoms with Crippen molar-refractivity contribution in [3.63, 3.8) is 0 Å². The summed E-state index contributed by atoms with van der Waals surface area (Å²) in [6, 6.07) is 43.8. The maximum atomic E-state index is 6.86. The molecule has 0 unspecified atom stereocenters. The van der Waals surface area contributed by atoms with Gasteiger partial charge < -0.3 is 9.40 Å². The third kappa shape index (κ3) is 3.02. The molecule has 0 saturated heterocycles. The molecule has 0 atom stereocenters. The minimum Gasteiger partial charge on any atom is -0.455 e. The van der Waals surface area contributed by atoms with Gasteiger partial charge in [0.1, 0.15) is 11.2 Å². The molecule has 0 spiro atoms. The lowest BCUT2D eigenvalue weighted by atomic mass is 9.82. The summed E-state index contributed by atoms with van der Waals surface area (Å²) in [6.45, 7) is 4.65. The number of rotatable bonds is 2. The maximum Gasteiger partial charge on any atom is 0.143 e. The van der Waals surface area contributed by atoms with Crippen LogP contribution in [0.25, 0.3) is 77.1 Å². The number of hydrogen-bond acceptors (Lipinski definition) is 1. The largest absolute Gasteiger partial charge is 0.455 e. The molecule has 8 aromatic rings. The molecule has 0 bridgehead atoms. The Balaban J connectivity index is 1.28. The molecule has 0 fully saturated rings. The van der Waals surface area contributed by atoms with Crippen LogP contribution in [0.5, 0.6) is 0 Å². The van der Waals surface area contributed by atoms with Gasteiger partial charge >= 0.3 is 0 Å². The SMILES string of the molecule is CC1(C)c2ccccc2-c2cc(-c3cccc4c3oc3c(-c5cccc6c5[nH]c5ccccc56)cccc34)ccc21. The van der Waals surface area contributed by atoms with Gasteiger partial charge in [0.2, 0.25) is 0 Å². The van der Waals surface area contributed by atoms with Crippen molar-refractivity contribution < 1.29 is 4.42 Å². The quantitative estimate of drug-likeness (QED) is 0.239. The van der Waals surface area contributed by atoms with E-state index in [-0.39, 0.29) is 5.41 Å². The Morgan fingerprint density at radius 1 is 0.488 bits per heavy atom. The van der Waals surface area contributed by atoms with Crippen LogP contribution in [0.3, 0.4) is 0 Å². The van der Waals surface area contributed by atoms with E-state index in [0.717, 1.165) is 49.7 Å². The molecule has 0 aliphatic heterocycles. The first kappa shape index (κ1) is 22.7. The zero-order chi connectivity index (χ0) is 27.3. The van der Waals surface area contributed by atoms with Gasteiger partial charge in [0.25, 0.3) is 0 Å². The van der Waals surface area contributed by atoms with Crippen molar-refractivity contribution in [2.24, 2.45) is 0 Å². The number of aromatic amines is 1. The zero-order valence-electron chi connectivity index (χ0n) is 23.0. The summed E-state index contributed by atoms with van der Waals surface area (Å²) in [4.78, 5) is 3.68. The summed E-state index contributed by atoms with van der Waals surface area (Å²) >= 11 is 0. The lowest BCUT2D eigenvalue weighted by Crippen LogP contribution is -2.14. The van der Waals surface area contributed by atoms with E-state index >= 15 is 0 Å². The van der Waals surface area contributed by atoms with Crippen LogP contribution in [0, 0.1) is 0 Å². The highest BCUT2D eigenvalue weighted by Crippen LogP contribution is 2.50. The van der Waals surface area contributed by atoms with Crippen LogP contribution in [0.1, 0.15) is 25.0 Å². The monoisotopic (exact) mass is 525 g/mol. The Kier molecular flexibility index (Phi) is 4.42. The van der Waals surface area contributed by atoms with Gasteiger partial charge in [-0.3, -0.25) is 0 Å². The van der Waals surface area contributed by atoms with E-state index in [1.807, 2.05) is 0 Å². The molecule has 9 rings (SSSR count). The van der Waals surface area contributed by atoms with Crippen molar-refractivity contribution in [1.82, 2.24) is 4.98 Å². The minimum atomic E-state index is -0.00559. The summed E-state index contributed by atoms with van der Waals surface area (Å²) in [7, 11) is 0. The van der Waals surface area contributed by atoms with Gasteiger partial charge in [-0.1, -0.05) is 123 Å². The van der Waals surface area contributed by atoms with Crippen LogP contribution in [0.15, 0.2) is 126 Å². The first-order chi connectivity index (χ1) is 20.1. The predicted octanol–water partition coefficient (Wildman–Crippen LogP) is 10.9. The highest BCUT2D eigenvalue weighted by molar-refractivity contribution is 6.17. The van der Waals surface area contributed by atoms with Crippen molar-refractivity contribution in [2.45, 2.75) is 19.3 Å². The Morgan fingerprint density at radius 3 is 1.95 bits per heavy atom. The first-order valence-corrected chi connectivity index (χ1v) is 14.3. The lowest BCUT2D eigenvalue weighted by Gasteiger charge is -2.21. The number of H-pyrrole nitrogens is 1. The molecule has 0 saturated carbocycles. The van der Waals surface area contributed by atoms with E-state index in [4.69, 9.17) is 4.42 Å². The van der Waals surface area contributed by atoms with Gasteiger partial charge in [-0.25, -0.2) is 0 Å². The molecule has 1 N–H and O–H groups in total. The van der Waals surface area contributed by atoms with Crippen LogP contribution in [0.2, 0.25) is 0 Å². The summed E-state index contributed by atoms with van der Waals surface area (Å²) in [5, 5.41) is 4.75. The normalized spacial score (nSPS) is 13.8. The Hall–Kier alpha value is -5.08. The van der Waals surface area contributed by atoms with Crippen LogP contribution >= 0.6 is 0 Å². The molecule has 0 radical (unpaired) electrons. The fourth-order valence-corrected chi connectivity index (χ4v) is 7.24. The number of benzene rings is 6. The number of aromatic nitrogens is 1. The molecule has 1 aliphatic rings. The standard InChI is InChI=1S/C39H27NO/c1-39(2)33-18-5-3-10-25(33)32-22-23(20-21-34(32)39)24-12-7-16-30-31-17-9-15-29(38(31)41-37(24)30)28-14-8-13-27-26-11-4-6-19-35(26)40-36(27)28/h3-22,40H,1-2H3. The maximum absolute atomic E-state index is 6.86. The lowest BCUT2D eigenvalue weighted by molar-refractivity contribution is 0.660. The molecular formula is C39H27NO. The summed E-state index contributed by atoms with van der Waals surface area (Å²) in [6.07, 6.45) is 0. The molecule has 2 heteroatoms. The van der Waals surface area contributed by atoms with Crippen LogP contribution < -0.4 is 0 Å². The van der Waals surface area contributed by atoms with Crippen LogP contribution in [-0.2, 0) is 5.41 Å². The predicted molar refractivity (Wildman–Crippen MR) is 172 cm³/mol. The number of furan rings is 1. The smallest absolute Gasteiger partial charge is 0.143 e. The second-order valence-corrected chi connectivity index (χ2v) is 11.8. The molecule has 1 aliphatic carbocycles. The molecule has 2 aromatic heterocycles. The van der Waals surface area contributed by atoms with Crippen molar-refractivity contribution in [2.75, 3.05) is 0 Å². The minimum absolute atomic E-state index is 0.00559. The fraction of sp³-hybridized carbons (Fsp3) is 0.0769. The number of hydrogen-bond donors (Lipinski definition) is 1. The number of fused-ring (bicyclic) bond motifs is 9. The van der Waals surface area contributed by atoms with Gasteiger partial charge in [0.05, 0.1) is 5.52 Å². The third-order valence-electron chi connectivity index (χ3n) is 9.25. The van der Waals surface area contributed by atoms with Gasteiger partial charge in [0, 0.05) is 49.2 Å². The highest BCUT2D eigenvalue weighted by Gasteiger charge is 2.35. The van der Waals surface area contributed by atoms with Gasteiger partial charge in [-0.05, 0) is 39.9 Å². The van der Waals surface area contributed by atoms with Gasteiger partial charge in [-0.2, -0.15) is 0 Å². The summed E-state index contributed by atoms with van der Waals surface area (Å²) < 4.78 is 6.86. The van der Waals surface area contributed by atoms with Crippen molar-refractivity contribution >= 4 is 43.7 Å². The van der Waals surface area contributed by atoms with Crippen LogP contribution in [-0.4, -0.2) is 4.98 Å². The van der Waals surface area contributed by atoms with Gasteiger partial charge in [0.15, 0.2) is 0 Å².